The van der Waals surface area contributed by atoms with Gasteiger partial charge in [0.25, 0.3) is 0 Å². The largest absolute Gasteiger partial charge is 0.385 e. The highest BCUT2D eigenvalue weighted by Crippen LogP contribution is 2.30. The van der Waals surface area contributed by atoms with Gasteiger partial charge in [-0.1, -0.05) is 6.07 Å². The number of anilines is 2. The SMILES string of the molecule is O=C(Nc1cccc(NCC2CCNCC2)c1)C1CC1. The number of carbonyl (C=O) groups is 1. The summed E-state index contributed by atoms with van der Waals surface area (Å²) in [6.45, 7) is 3.27. The van der Waals surface area contributed by atoms with Crippen molar-refractivity contribution in [3.05, 3.63) is 24.3 Å². The van der Waals surface area contributed by atoms with E-state index in [0.717, 1.165) is 49.8 Å². The minimum atomic E-state index is 0.167. The Morgan fingerprint density at radius 2 is 1.90 bits per heavy atom. The molecule has 3 N–H and O–H groups in total. The van der Waals surface area contributed by atoms with E-state index in [4.69, 9.17) is 0 Å². The van der Waals surface area contributed by atoms with Crippen molar-refractivity contribution in [2.24, 2.45) is 11.8 Å². The van der Waals surface area contributed by atoms with E-state index in [0.29, 0.717) is 0 Å². The monoisotopic (exact) mass is 273 g/mol. The minimum absolute atomic E-state index is 0.167. The third-order valence-corrected chi connectivity index (χ3v) is 4.13. The maximum Gasteiger partial charge on any atom is 0.227 e. The molecule has 1 aromatic rings. The van der Waals surface area contributed by atoms with Crippen molar-refractivity contribution >= 4 is 17.3 Å². The van der Waals surface area contributed by atoms with Crippen LogP contribution in [0.3, 0.4) is 0 Å². The second-order valence-corrected chi connectivity index (χ2v) is 5.92. The van der Waals surface area contributed by atoms with Crippen molar-refractivity contribution in [1.29, 1.82) is 0 Å². The molecule has 1 heterocycles. The predicted molar refractivity (Wildman–Crippen MR) is 81.9 cm³/mol. The third kappa shape index (κ3) is 3.73. The average Bonchev–Trinajstić information content (AvgIpc) is 3.31. The molecule has 2 fully saturated rings. The molecule has 4 heteroatoms. The van der Waals surface area contributed by atoms with E-state index in [2.05, 4.69) is 22.0 Å². The Morgan fingerprint density at radius 3 is 2.65 bits per heavy atom. The van der Waals surface area contributed by atoms with Gasteiger partial charge in [-0.05, 0) is 62.9 Å². The Hall–Kier alpha value is -1.55. The summed E-state index contributed by atoms with van der Waals surface area (Å²) < 4.78 is 0. The van der Waals surface area contributed by atoms with Gasteiger partial charge in [-0.2, -0.15) is 0 Å². The predicted octanol–water partition coefficient (Wildman–Crippen LogP) is 2.45. The van der Waals surface area contributed by atoms with Crippen LogP contribution in [-0.4, -0.2) is 25.5 Å². The maximum absolute atomic E-state index is 11.8. The lowest BCUT2D eigenvalue weighted by molar-refractivity contribution is -0.117. The van der Waals surface area contributed by atoms with E-state index in [-0.39, 0.29) is 11.8 Å². The maximum atomic E-state index is 11.8. The van der Waals surface area contributed by atoms with Gasteiger partial charge in [0.05, 0.1) is 0 Å². The van der Waals surface area contributed by atoms with Crippen LogP contribution in [0.5, 0.6) is 0 Å². The third-order valence-electron chi connectivity index (χ3n) is 4.13. The number of benzene rings is 1. The fourth-order valence-corrected chi connectivity index (χ4v) is 2.64. The summed E-state index contributed by atoms with van der Waals surface area (Å²) >= 11 is 0. The molecule has 0 radical (unpaired) electrons. The van der Waals surface area contributed by atoms with Crippen molar-refractivity contribution < 1.29 is 4.79 Å². The van der Waals surface area contributed by atoms with Crippen molar-refractivity contribution in [3.63, 3.8) is 0 Å². The van der Waals surface area contributed by atoms with E-state index in [1.807, 2.05) is 18.2 Å². The minimum Gasteiger partial charge on any atom is -0.385 e. The Kier molecular flexibility index (Phi) is 4.21. The van der Waals surface area contributed by atoms with Crippen LogP contribution in [0, 0.1) is 11.8 Å². The smallest absolute Gasteiger partial charge is 0.227 e. The highest BCUT2D eigenvalue weighted by Gasteiger charge is 2.29. The summed E-state index contributed by atoms with van der Waals surface area (Å²) in [6.07, 6.45) is 4.56. The molecular formula is C16H23N3O. The summed E-state index contributed by atoms with van der Waals surface area (Å²) in [5.74, 6) is 1.17. The van der Waals surface area contributed by atoms with Crippen LogP contribution < -0.4 is 16.0 Å². The van der Waals surface area contributed by atoms with Gasteiger partial charge in [0.15, 0.2) is 0 Å². The summed E-state index contributed by atoms with van der Waals surface area (Å²) in [5, 5.41) is 9.87. The number of rotatable bonds is 5. The van der Waals surface area contributed by atoms with Crippen molar-refractivity contribution in [2.75, 3.05) is 30.3 Å². The Morgan fingerprint density at radius 1 is 1.15 bits per heavy atom. The molecular weight excluding hydrogens is 250 g/mol. The molecule has 0 atom stereocenters. The van der Waals surface area contributed by atoms with E-state index in [9.17, 15) is 4.79 Å². The van der Waals surface area contributed by atoms with Crippen LogP contribution in [0.15, 0.2) is 24.3 Å². The molecule has 4 nitrogen and oxygen atoms in total. The van der Waals surface area contributed by atoms with Crippen LogP contribution in [0.1, 0.15) is 25.7 Å². The molecule has 0 unspecified atom stereocenters. The zero-order valence-electron chi connectivity index (χ0n) is 11.8. The number of piperidine rings is 1. The second-order valence-electron chi connectivity index (χ2n) is 5.92. The lowest BCUT2D eigenvalue weighted by atomic mass is 9.98. The van der Waals surface area contributed by atoms with Crippen molar-refractivity contribution in [1.82, 2.24) is 5.32 Å². The van der Waals surface area contributed by atoms with Crippen LogP contribution in [0.2, 0.25) is 0 Å². The van der Waals surface area contributed by atoms with Crippen LogP contribution in [-0.2, 0) is 4.79 Å². The molecule has 0 spiro atoms. The highest BCUT2D eigenvalue weighted by atomic mass is 16.2. The van der Waals surface area contributed by atoms with Gasteiger partial charge in [0.2, 0.25) is 5.91 Å². The zero-order valence-corrected chi connectivity index (χ0v) is 11.8. The summed E-state index contributed by atoms with van der Waals surface area (Å²) in [7, 11) is 0. The molecule has 1 amide bonds. The number of hydrogen-bond acceptors (Lipinski definition) is 3. The van der Waals surface area contributed by atoms with E-state index < -0.39 is 0 Å². The number of carbonyl (C=O) groups excluding carboxylic acids is 1. The van der Waals surface area contributed by atoms with Gasteiger partial charge in [-0.15, -0.1) is 0 Å². The van der Waals surface area contributed by atoms with Crippen LogP contribution in [0.25, 0.3) is 0 Å². The first-order valence-corrected chi connectivity index (χ1v) is 7.67. The summed E-state index contributed by atoms with van der Waals surface area (Å²) in [6, 6.07) is 8.04. The van der Waals surface area contributed by atoms with Crippen molar-refractivity contribution in [3.8, 4) is 0 Å². The van der Waals surface area contributed by atoms with Gasteiger partial charge in [0.1, 0.15) is 0 Å². The van der Waals surface area contributed by atoms with Gasteiger partial charge in [-0.25, -0.2) is 0 Å². The highest BCUT2D eigenvalue weighted by molar-refractivity contribution is 5.94. The van der Waals surface area contributed by atoms with E-state index in [1.165, 1.54) is 12.8 Å². The van der Waals surface area contributed by atoms with Gasteiger partial charge in [-0.3, -0.25) is 4.79 Å². The summed E-state index contributed by atoms with van der Waals surface area (Å²) in [4.78, 5) is 11.8. The number of hydrogen-bond donors (Lipinski definition) is 3. The zero-order chi connectivity index (χ0) is 13.8. The first-order valence-electron chi connectivity index (χ1n) is 7.67. The fraction of sp³-hybridized carbons (Fsp3) is 0.562. The molecule has 2 aliphatic rings. The van der Waals surface area contributed by atoms with E-state index in [1.54, 1.807) is 0 Å². The number of amides is 1. The molecule has 0 aromatic heterocycles. The Balaban J connectivity index is 1.52. The lowest BCUT2D eigenvalue weighted by Gasteiger charge is -2.23. The number of nitrogens with one attached hydrogen (secondary N) is 3. The average molecular weight is 273 g/mol. The molecule has 1 aliphatic heterocycles. The van der Waals surface area contributed by atoms with Crippen molar-refractivity contribution in [2.45, 2.75) is 25.7 Å². The first kappa shape index (κ1) is 13.4. The van der Waals surface area contributed by atoms with Gasteiger partial charge < -0.3 is 16.0 Å². The Bertz CT molecular complexity index is 465. The molecule has 20 heavy (non-hydrogen) atoms. The Labute approximate surface area is 120 Å². The second kappa shape index (κ2) is 6.27. The lowest BCUT2D eigenvalue weighted by Crippen LogP contribution is -2.31. The summed E-state index contributed by atoms with van der Waals surface area (Å²) in [5.41, 5.74) is 1.99. The molecule has 3 rings (SSSR count). The van der Waals surface area contributed by atoms with E-state index >= 15 is 0 Å². The van der Waals surface area contributed by atoms with Crippen LogP contribution in [0.4, 0.5) is 11.4 Å². The first-order chi connectivity index (χ1) is 9.81. The molecule has 0 bridgehead atoms. The standard InChI is InChI=1S/C16H23N3O/c20-16(13-4-5-13)19-15-3-1-2-14(10-15)18-11-12-6-8-17-9-7-12/h1-3,10,12-13,17-18H,4-9,11H2,(H,19,20). The molecule has 108 valence electrons. The molecule has 1 aliphatic carbocycles. The van der Waals surface area contributed by atoms with Crippen LogP contribution >= 0.6 is 0 Å². The molecule has 1 saturated carbocycles. The molecule has 1 saturated heterocycles. The quantitative estimate of drug-likeness (QED) is 0.772. The fourth-order valence-electron chi connectivity index (χ4n) is 2.64. The normalized spacial score (nSPS) is 19.6. The topological polar surface area (TPSA) is 53.2 Å². The van der Waals surface area contributed by atoms with Gasteiger partial charge >= 0.3 is 0 Å². The molecule has 1 aromatic carbocycles. The van der Waals surface area contributed by atoms with Gasteiger partial charge in [0, 0.05) is 23.8 Å².